The lowest BCUT2D eigenvalue weighted by Gasteiger charge is -1.92. The van der Waals surface area contributed by atoms with E-state index in [0.29, 0.717) is 11.8 Å². The number of alkyl halides is 1. The Hall–Kier alpha value is -1.80. The molecular weight excluding hydrogens is 234 g/mol. The van der Waals surface area contributed by atoms with Gasteiger partial charge in [0.15, 0.2) is 5.58 Å². The summed E-state index contributed by atoms with van der Waals surface area (Å²) in [6.45, 7) is 0. The van der Waals surface area contributed by atoms with Gasteiger partial charge in [-0.25, -0.2) is 4.98 Å². The van der Waals surface area contributed by atoms with Crippen LogP contribution in [-0.4, -0.2) is 4.98 Å². The molecule has 0 aliphatic heterocycles. The van der Waals surface area contributed by atoms with E-state index in [4.69, 9.17) is 16.0 Å². The Balaban J connectivity index is 2.20. The molecule has 2 aromatic carbocycles. The largest absolute Gasteiger partial charge is 0.436 e. The first-order chi connectivity index (χ1) is 8.38. The lowest BCUT2D eigenvalue weighted by atomic mass is 10.2. The van der Waals surface area contributed by atoms with Crippen LogP contribution in [0.15, 0.2) is 52.9 Å². The fourth-order valence-electron chi connectivity index (χ4n) is 1.82. The van der Waals surface area contributed by atoms with Gasteiger partial charge in [0.05, 0.1) is 0 Å². The fourth-order valence-corrected chi connectivity index (χ4v) is 2.03. The van der Waals surface area contributed by atoms with E-state index in [2.05, 4.69) is 4.98 Å². The Morgan fingerprint density at radius 1 is 1.00 bits per heavy atom. The second kappa shape index (κ2) is 4.22. The highest BCUT2D eigenvalue weighted by Gasteiger charge is 2.10. The molecule has 0 aliphatic carbocycles. The number of hydrogen-bond donors (Lipinski definition) is 0. The van der Waals surface area contributed by atoms with Gasteiger partial charge in [-0.1, -0.05) is 30.3 Å². The van der Waals surface area contributed by atoms with Crippen molar-refractivity contribution in [3.8, 4) is 11.5 Å². The zero-order valence-electron chi connectivity index (χ0n) is 9.06. The fraction of sp³-hybridized carbons (Fsp3) is 0.0714. The van der Waals surface area contributed by atoms with Gasteiger partial charge in [-0.05, 0) is 23.8 Å². The molecule has 0 fully saturated rings. The van der Waals surface area contributed by atoms with Crippen LogP contribution in [0.25, 0.3) is 22.6 Å². The standard InChI is InChI=1S/C14H10ClNO/c15-9-11-7-4-8-12-13(11)16-14(17-12)10-5-2-1-3-6-10/h1-8H,9H2. The predicted octanol–water partition coefficient (Wildman–Crippen LogP) is 4.23. The minimum Gasteiger partial charge on any atom is -0.436 e. The molecule has 0 saturated heterocycles. The van der Waals surface area contributed by atoms with Crippen LogP contribution in [0.4, 0.5) is 0 Å². The van der Waals surface area contributed by atoms with E-state index in [-0.39, 0.29) is 0 Å². The normalized spacial score (nSPS) is 10.9. The molecule has 0 N–H and O–H groups in total. The van der Waals surface area contributed by atoms with Crippen molar-refractivity contribution in [3.63, 3.8) is 0 Å². The SMILES string of the molecule is ClCc1cccc2oc(-c3ccccc3)nc12. The second-order valence-corrected chi connectivity index (χ2v) is 4.05. The summed E-state index contributed by atoms with van der Waals surface area (Å²) >= 11 is 5.88. The molecule has 3 rings (SSSR count). The zero-order chi connectivity index (χ0) is 11.7. The van der Waals surface area contributed by atoms with Gasteiger partial charge in [-0.2, -0.15) is 0 Å². The summed E-state index contributed by atoms with van der Waals surface area (Å²) < 4.78 is 5.73. The molecule has 0 aliphatic rings. The van der Waals surface area contributed by atoms with Crippen molar-refractivity contribution in [1.29, 1.82) is 0 Å². The Bertz CT molecular complexity index is 646. The first kappa shape index (κ1) is 10.4. The highest BCUT2D eigenvalue weighted by molar-refractivity contribution is 6.17. The topological polar surface area (TPSA) is 26.0 Å². The first-order valence-electron chi connectivity index (χ1n) is 5.38. The van der Waals surface area contributed by atoms with E-state index in [1.165, 1.54) is 0 Å². The van der Waals surface area contributed by atoms with Gasteiger partial charge in [0, 0.05) is 11.4 Å². The monoisotopic (exact) mass is 243 g/mol. The van der Waals surface area contributed by atoms with Crippen LogP contribution in [0.5, 0.6) is 0 Å². The van der Waals surface area contributed by atoms with Crippen molar-refractivity contribution in [2.24, 2.45) is 0 Å². The zero-order valence-corrected chi connectivity index (χ0v) is 9.82. The van der Waals surface area contributed by atoms with Crippen molar-refractivity contribution in [3.05, 3.63) is 54.1 Å². The quantitative estimate of drug-likeness (QED) is 0.630. The molecule has 17 heavy (non-hydrogen) atoms. The number of fused-ring (bicyclic) bond motifs is 1. The van der Waals surface area contributed by atoms with Crippen LogP contribution in [0.1, 0.15) is 5.56 Å². The smallest absolute Gasteiger partial charge is 0.227 e. The van der Waals surface area contributed by atoms with Gasteiger partial charge < -0.3 is 4.42 Å². The minimum atomic E-state index is 0.443. The van der Waals surface area contributed by atoms with Crippen LogP contribution in [-0.2, 0) is 5.88 Å². The maximum Gasteiger partial charge on any atom is 0.227 e. The molecule has 0 atom stereocenters. The molecule has 0 radical (unpaired) electrons. The minimum absolute atomic E-state index is 0.443. The summed E-state index contributed by atoms with van der Waals surface area (Å²) in [6.07, 6.45) is 0. The third-order valence-electron chi connectivity index (χ3n) is 2.67. The number of nitrogens with zero attached hydrogens (tertiary/aromatic N) is 1. The van der Waals surface area contributed by atoms with Crippen LogP contribution >= 0.6 is 11.6 Å². The van der Waals surface area contributed by atoms with Gasteiger partial charge in [0.25, 0.3) is 0 Å². The predicted molar refractivity (Wildman–Crippen MR) is 69.0 cm³/mol. The van der Waals surface area contributed by atoms with E-state index < -0.39 is 0 Å². The number of aromatic nitrogens is 1. The maximum atomic E-state index is 5.88. The Labute approximate surface area is 104 Å². The summed E-state index contributed by atoms with van der Waals surface area (Å²) in [5.41, 5.74) is 3.60. The molecule has 3 aromatic rings. The van der Waals surface area contributed by atoms with Crippen LogP contribution in [0, 0.1) is 0 Å². The molecular formula is C14H10ClNO. The Kier molecular flexibility index (Phi) is 2.57. The second-order valence-electron chi connectivity index (χ2n) is 3.78. The molecule has 2 nitrogen and oxygen atoms in total. The lowest BCUT2D eigenvalue weighted by molar-refractivity contribution is 0.620. The third kappa shape index (κ3) is 1.81. The summed E-state index contributed by atoms with van der Waals surface area (Å²) in [6, 6.07) is 15.7. The summed E-state index contributed by atoms with van der Waals surface area (Å²) in [5, 5.41) is 0. The van der Waals surface area contributed by atoms with Crippen molar-refractivity contribution in [2.75, 3.05) is 0 Å². The van der Waals surface area contributed by atoms with E-state index in [0.717, 1.165) is 22.2 Å². The summed E-state index contributed by atoms with van der Waals surface area (Å²) in [7, 11) is 0. The third-order valence-corrected chi connectivity index (χ3v) is 2.96. The summed E-state index contributed by atoms with van der Waals surface area (Å²) in [5.74, 6) is 1.08. The number of halogens is 1. The van der Waals surface area contributed by atoms with E-state index in [1.807, 2.05) is 48.5 Å². The van der Waals surface area contributed by atoms with Crippen LogP contribution in [0.3, 0.4) is 0 Å². The molecule has 0 unspecified atom stereocenters. The Morgan fingerprint density at radius 2 is 1.82 bits per heavy atom. The molecule has 0 amide bonds. The molecule has 84 valence electrons. The van der Waals surface area contributed by atoms with Crippen LogP contribution in [0.2, 0.25) is 0 Å². The van der Waals surface area contributed by atoms with Crippen molar-refractivity contribution in [1.82, 2.24) is 4.98 Å². The molecule has 0 spiro atoms. The number of para-hydroxylation sites is 1. The van der Waals surface area contributed by atoms with Crippen LogP contribution < -0.4 is 0 Å². The van der Waals surface area contributed by atoms with Crippen molar-refractivity contribution >= 4 is 22.7 Å². The van der Waals surface area contributed by atoms with Gasteiger partial charge >= 0.3 is 0 Å². The van der Waals surface area contributed by atoms with Crippen molar-refractivity contribution in [2.45, 2.75) is 5.88 Å². The van der Waals surface area contributed by atoms with E-state index in [1.54, 1.807) is 0 Å². The molecule has 3 heteroatoms. The lowest BCUT2D eigenvalue weighted by Crippen LogP contribution is -1.80. The number of benzene rings is 2. The Morgan fingerprint density at radius 3 is 2.59 bits per heavy atom. The van der Waals surface area contributed by atoms with Gasteiger partial charge in [0.2, 0.25) is 5.89 Å². The van der Waals surface area contributed by atoms with Gasteiger partial charge in [0.1, 0.15) is 5.52 Å². The summed E-state index contributed by atoms with van der Waals surface area (Å²) in [4.78, 5) is 4.50. The average Bonchev–Trinajstić information content (AvgIpc) is 2.83. The van der Waals surface area contributed by atoms with E-state index in [9.17, 15) is 0 Å². The van der Waals surface area contributed by atoms with Gasteiger partial charge in [-0.3, -0.25) is 0 Å². The molecule has 1 aromatic heterocycles. The number of oxazole rings is 1. The highest BCUT2D eigenvalue weighted by Crippen LogP contribution is 2.26. The number of rotatable bonds is 2. The molecule has 0 saturated carbocycles. The van der Waals surface area contributed by atoms with E-state index >= 15 is 0 Å². The molecule has 1 heterocycles. The highest BCUT2D eigenvalue weighted by atomic mass is 35.5. The maximum absolute atomic E-state index is 5.88. The van der Waals surface area contributed by atoms with Gasteiger partial charge in [-0.15, -0.1) is 11.6 Å². The average molecular weight is 244 g/mol. The first-order valence-corrected chi connectivity index (χ1v) is 5.92. The number of hydrogen-bond acceptors (Lipinski definition) is 2. The molecule has 0 bridgehead atoms. The van der Waals surface area contributed by atoms with Crippen molar-refractivity contribution < 1.29 is 4.42 Å².